The maximum atomic E-state index is 11.7. The average molecular weight is 302 g/mol. The molecule has 118 valence electrons. The van der Waals surface area contributed by atoms with Crippen molar-refractivity contribution >= 4 is 10.0 Å². The van der Waals surface area contributed by atoms with E-state index in [1.807, 2.05) is 0 Å². The zero-order valence-electron chi connectivity index (χ0n) is 13.1. The van der Waals surface area contributed by atoms with Crippen molar-refractivity contribution in [2.75, 3.05) is 19.3 Å². The quantitative estimate of drug-likeness (QED) is 0.866. The second kappa shape index (κ2) is 5.93. The molecule has 1 saturated heterocycles. The third kappa shape index (κ3) is 3.74. The van der Waals surface area contributed by atoms with Crippen molar-refractivity contribution in [3.05, 3.63) is 0 Å². The van der Waals surface area contributed by atoms with E-state index in [0.29, 0.717) is 30.3 Å². The topological polar surface area (TPSA) is 63.4 Å². The SMILES string of the molecule is CC1(C)CCCC1C(N)CC1CCCN(S(C)(=O)=O)C1. The minimum atomic E-state index is -3.04. The van der Waals surface area contributed by atoms with E-state index in [0.717, 1.165) is 19.3 Å². The zero-order valence-corrected chi connectivity index (χ0v) is 14.0. The predicted molar refractivity (Wildman–Crippen MR) is 82.9 cm³/mol. The highest BCUT2D eigenvalue weighted by atomic mass is 32.2. The number of nitrogens with zero attached hydrogens (tertiary/aromatic N) is 1. The Hall–Kier alpha value is -0.130. The Kier molecular flexibility index (Phi) is 4.82. The lowest BCUT2D eigenvalue weighted by Gasteiger charge is -2.36. The van der Waals surface area contributed by atoms with Gasteiger partial charge in [-0.25, -0.2) is 12.7 Å². The van der Waals surface area contributed by atoms with Gasteiger partial charge in [-0.1, -0.05) is 20.3 Å². The third-order valence-corrected chi connectivity index (χ3v) is 6.68. The maximum absolute atomic E-state index is 11.7. The number of hydrogen-bond donors (Lipinski definition) is 1. The number of nitrogens with two attached hydrogens (primary N) is 1. The lowest BCUT2D eigenvalue weighted by atomic mass is 9.75. The van der Waals surface area contributed by atoms with Gasteiger partial charge in [-0.05, 0) is 49.4 Å². The molecule has 0 bridgehead atoms. The zero-order chi connectivity index (χ0) is 15.0. The highest BCUT2D eigenvalue weighted by Crippen LogP contribution is 2.45. The maximum Gasteiger partial charge on any atom is 0.211 e. The minimum Gasteiger partial charge on any atom is -0.327 e. The normalized spacial score (nSPS) is 33.2. The van der Waals surface area contributed by atoms with Crippen LogP contribution < -0.4 is 5.73 Å². The summed E-state index contributed by atoms with van der Waals surface area (Å²) in [4.78, 5) is 0. The molecule has 0 radical (unpaired) electrons. The summed E-state index contributed by atoms with van der Waals surface area (Å²) in [6.07, 6.45) is 8.16. The summed E-state index contributed by atoms with van der Waals surface area (Å²) < 4.78 is 25.0. The first-order chi connectivity index (χ1) is 9.20. The van der Waals surface area contributed by atoms with E-state index in [-0.39, 0.29) is 6.04 Å². The molecule has 2 N–H and O–H groups in total. The number of rotatable bonds is 4. The standard InChI is InChI=1S/C15H30N2O2S/c1-15(2)8-4-7-13(15)14(16)10-12-6-5-9-17(11-12)20(3,18)19/h12-14H,4-11,16H2,1-3H3. The molecule has 0 aromatic carbocycles. The van der Waals surface area contributed by atoms with Crippen LogP contribution in [0.5, 0.6) is 0 Å². The van der Waals surface area contributed by atoms with Crippen molar-refractivity contribution in [2.24, 2.45) is 23.0 Å². The highest BCUT2D eigenvalue weighted by Gasteiger charge is 2.39. The smallest absolute Gasteiger partial charge is 0.211 e. The summed E-state index contributed by atoms with van der Waals surface area (Å²) in [6.45, 7) is 6.00. The number of hydrogen-bond acceptors (Lipinski definition) is 3. The molecular weight excluding hydrogens is 272 g/mol. The Morgan fingerprint density at radius 2 is 2.00 bits per heavy atom. The van der Waals surface area contributed by atoms with Crippen LogP contribution in [-0.2, 0) is 10.0 Å². The average Bonchev–Trinajstić information content (AvgIpc) is 2.68. The van der Waals surface area contributed by atoms with Gasteiger partial charge in [0.25, 0.3) is 0 Å². The molecule has 20 heavy (non-hydrogen) atoms. The Labute approximate surface area is 124 Å². The van der Waals surface area contributed by atoms with Crippen LogP contribution >= 0.6 is 0 Å². The molecular formula is C15H30N2O2S. The third-order valence-electron chi connectivity index (χ3n) is 5.41. The van der Waals surface area contributed by atoms with E-state index in [1.165, 1.54) is 25.5 Å². The lowest BCUT2D eigenvalue weighted by Crippen LogP contribution is -2.43. The van der Waals surface area contributed by atoms with Crippen molar-refractivity contribution in [1.82, 2.24) is 4.31 Å². The van der Waals surface area contributed by atoms with Crippen molar-refractivity contribution in [3.8, 4) is 0 Å². The fourth-order valence-electron chi connectivity index (χ4n) is 4.22. The molecule has 0 amide bonds. The van der Waals surface area contributed by atoms with E-state index in [1.54, 1.807) is 4.31 Å². The van der Waals surface area contributed by atoms with Crippen LogP contribution in [0.15, 0.2) is 0 Å². The Morgan fingerprint density at radius 1 is 1.30 bits per heavy atom. The number of piperidine rings is 1. The van der Waals surface area contributed by atoms with Crippen LogP contribution in [0.25, 0.3) is 0 Å². The van der Waals surface area contributed by atoms with Crippen LogP contribution in [0.1, 0.15) is 52.4 Å². The van der Waals surface area contributed by atoms with E-state index in [4.69, 9.17) is 5.73 Å². The Balaban J connectivity index is 1.93. The van der Waals surface area contributed by atoms with E-state index >= 15 is 0 Å². The number of sulfonamides is 1. The minimum absolute atomic E-state index is 0.219. The van der Waals surface area contributed by atoms with Crippen molar-refractivity contribution in [3.63, 3.8) is 0 Å². The van der Waals surface area contributed by atoms with Crippen molar-refractivity contribution in [2.45, 2.75) is 58.4 Å². The summed E-state index contributed by atoms with van der Waals surface area (Å²) in [5.41, 5.74) is 6.82. The van der Waals surface area contributed by atoms with Crippen LogP contribution in [0.2, 0.25) is 0 Å². The highest BCUT2D eigenvalue weighted by molar-refractivity contribution is 7.88. The summed E-state index contributed by atoms with van der Waals surface area (Å²) in [7, 11) is -3.04. The first-order valence-corrected chi connectivity index (χ1v) is 9.76. The molecule has 0 aromatic heterocycles. The molecule has 2 aliphatic rings. The van der Waals surface area contributed by atoms with Gasteiger partial charge in [-0.15, -0.1) is 0 Å². The van der Waals surface area contributed by atoms with Gasteiger partial charge in [0.15, 0.2) is 0 Å². The van der Waals surface area contributed by atoms with Gasteiger partial charge in [0.1, 0.15) is 0 Å². The molecule has 5 heteroatoms. The van der Waals surface area contributed by atoms with Gasteiger partial charge in [-0.3, -0.25) is 0 Å². The van der Waals surface area contributed by atoms with E-state index in [9.17, 15) is 8.42 Å². The van der Waals surface area contributed by atoms with Crippen LogP contribution in [0, 0.1) is 17.3 Å². The molecule has 1 aliphatic heterocycles. The van der Waals surface area contributed by atoms with Gasteiger partial charge in [0.05, 0.1) is 6.26 Å². The molecule has 3 unspecified atom stereocenters. The fraction of sp³-hybridized carbons (Fsp3) is 1.00. The molecule has 3 atom stereocenters. The molecule has 1 aliphatic carbocycles. The molecule has 0 aromatic rings. The van der Waals surface area contributed by atoms with Gasteiger partial charge < -0.3 is 5.73 Å². The lowest BCUT2D eigenvalue weighted by molar-refractivity contribution is 0.176. The predicted octanol–water partition coefficient (Wildman–Crippen LogP) is 2.20. The molecule has 0 spiro atoms. The first-order valence-electron chi connectivity index (χ1n) is 7.91. The summed E-state index contributed by atoms with van der Waals surface area (Å²) in [5.74, 6) is 1.03. The van der Waals surface area contributed by atoms with E-state index < -0.39 is 10.0 Å². The molecule has 2 rings (SSSR count). The fourth-order valence-corrected chi connectivity index (χ4v) is 5.16. The second-order valence-corrected chi connectivity index (χ2v) is 9.50. The Bertz CT molecular complexity index is 433. The summed E-state index contributed by atoms with van der Waals surface area (Å²) in [6, 6.07) is 0.219. The summed E-state index contributed by atoms with van der Waals surface area (Å²) >= 11 is 0. The van der Waals surface area contributed by atoms with Gasteiger partial charge >= 0.3 is 0 Å². The molecule has 4 nitrogen and oxygen atoms in total. The molecule has 1 heterocycles. The Morgan fingerprint density at radius 3 is 2.55 bits per heavy atom. The van der Waals surface area contributed by atoms with Crippen LogP contribution in [-0.4, -0.2) is 38.1 Å². The van der Waals surface area contributed by atoms with Gasteiger partial charge in [0, 0.05) is 19.1 Å². The van der Waals surface area contributed by atoms with E-state index in [2.05, 4.69) is 13.8 Å². The molecule has 1 saturated carbocycles. The van der Waals surface area contributed by atoms with Crippen molar-refractivity contribution < 1.29 is 8.42 Å². The molecule has 2 fully saturated rings. The largest absolute Gasteiger partial charge is 0.327 e. The van der Waals surface area contributed by atoms with Gasteiger partial charge in [0.2, 0.25) is 10.0 Å². The second-order valence-electron chi connectivity index (χ2n) is 7.52. The van der Waals surface area contributed by atoms with Crippen LogP contribution in [0.3, 0.4) is 0 Å². The van der Waals surface area contributed by atoms with Crippen molar-refractivity contribution in [1.29, 1.82) is 0 Å². The first kappa shape index (κ1) is 16.2. The van der Waals surface area contributed by atoms with Gasteiger partial charge in [-0.2, -0.15) is 0 Å². The monoisotopic (exact) mass is 302 g/mol. The van der Waals surface area contributed by atoms with Crippen LogP contribution in [0.4, 0.5) is 0 Å². The summed E-state index contributed by atoms with van der Waals surface area (Å²) in [5, 5.41) is 0.